The number of morpholine rings is 1. The standard InChI is InChI=1S/C20H26N6O2/c27-19(16-24-8-10-26(11-9-24)20-21-6-3-7-22-20)23-17-4-1-2-5-18(17)25-12-14-28-15-13-25/h1-7H,8-16H2,(H,23,27). The largest absolute Gasteiger partial charge is 0.378 e. The van der Waals surface area contributed by atoms with E-state index in [4.69, 9.17) is 4.74 Å². The summed E-state index contributed by atoms with van der Waals surface area (Å²) >= 11 is 0. The van der Waals surface area contributed by atoms with Crippen LogP contribution in [0.25, 0.3) is 0 Å². The minimum Gasteiger partial charge on any atom is -0.378 e. The van der Waals surface area contributed by atoms with Crippen molar-refractivity contribution < 1.29 is 9.53 Å². The number of amides is 1. The Morgan fingerprint density at radius 3 is 2.39 bits per heavy atom. The molecule has 0 unspecified atom stereocenters. The molecular weight excluding hydrogens is 356 g/mol. The van der Waals surface area contributed by atoms with E-state index in [0.29, 0.717) is 6.54 Å². The Morgan fingerprint density at radius 2 is 1.64 bits per heavy atom. The number of anilines is 3. The summed E-state index contributed by atoms with van der Waals surface area (Å²) < 4.78 is 5.43. The molecule has 2 aliphatic rings. The minimum absolute atomic E-state index is 0.0186. The first-order valence-corrected chi connectivity index (χ1v) is 9.75. The number of carbonyl (C=O) groups is 1. The number of nitrogens with one attached hydrogen (secondary N) is 1. The van der Waals surface area contributed by atoms with Crippen LogP contribution in [0.15, 0.2) is 42.7 Å². The van der Waals surface area contributed by atoms with Crippen LogP contribution in [0.3, 0.4) is 0 Å². The first-order valence-electron chi connectivity index (χ1n) is 9.75. The van der Waals surface area contributed by atoms with Gasteiger partial charge in [-0.15, -0.1) is 0 Å². The maximum atomic E-state index is 12.6. The first kappa shape index (κ1) is 18.6. The van der Waals surface area contributed by atoms with E-state index < -0.39 is 0 Å². The zero-order chi connectivity index (χ0) is 19.2. The lowest BCUT2D eigenvalue weighted by atomic mass is 10.2. The number of rotatable bonds is 5. The highest BCUT2D eigenvalue weighted by Crippen LogP contribution is 2.26. The topological polar surface area (TPSA) is 73.8 Å². The number of hydrogen-bond acceptors (Lipinski definition) is 7. The number of hydrogen-bond donors (Lipinski definition) is 1. The molecule has 0 bridgehead atoms. The molecule has 3 heterocycles. The van der Waals surface area contributed by atoms with Crippen LogP contribution in [0.1, 0.15) is 0 Å². The van der Waals surface area contributed by atoms with Crippen molar-refractivity contribution in [3.63, 3.8) is 0 Å². The van der Waals surface area contributed by atoms with Crippen molar-refractivity contribution in [3.05, 3.63) is 42.7 Å². The summed E-state index contributed by atoms with van der Waals surface area (Å²) in [6, 6.07) is 9.80. The van der Waals surface area contributed by atoms with Crippen LogP contribution in [0.5, 0.6) is 0 Å². The lowest BCUT2D eigenvalue weighted by molar-refractivity contribution is -0.117. The lowest BCUT2D eigenvalue weighted by Crippen LogP contribution is -2.49. The molecule has 8 heteroatoms. The van der Waals surface area contributed by atoms with Gasteiger partial charge in [-0.1, -0.05) is 12.1 Å². The van der Waals surface area contributed by atoms with Gasteiger partial charge in [0.1, 0.15) is 0 Å². The second-order valence-corrected chi connectivity index (χ2v) is 6.98. The highest BCUT2D eigenvalue weighted by molar-refractivity contribution is 5.95. The fourth-order valence-electron chi connectivity index (χ4n) is 3.61. The van der Waals surface area contributed by atoms with E-state index in [1.165, 1.54) is 0 Å². The third-order valence-corrected chi connectivity index (χ3v) is 5.10. The third-order valence-electron chi connectivity index (χ3n) is 5.10. The minimum atomic E-state index is 0.0186. The van der Waals surface area contributed by atoms with E-state index >= 15 is 0 Å². The number of aromatic nitrogens is 2. The Bertz CT molecular complexity index is 773. The molecule has 148 valence electrons. The second kappa shape index (κ2) is 8.99. The average Bonchev–Trinajstić information content (AvgIpc) is 2.76. The van der Waals surface area contributed by atoms with Gasteiger partial charge < -0.3 is 19.9 Å². The van der Waals surface area contributed by atoms with Gasteiger partial charge in [-0.05, 0) is 18.2 Å². The lowest BCUT2D eigenvalue weighted by Gasteiger charge is -2.34. The van der Waals surface area contributed by atoms with Crippen molar-refractivity contribution >= 4 is 23.2 Å². The van der Waals surface area contributed by atoms with Gasteiger partial charge in [0.05, 0.1) is 31.1 Å². The van der Waals surface area contributed by atoms with Gasteiger partial charge >= 0.3 is 0 Å². The highest BCUT2D eigenvalue weighted by Gasteiger charge is 2.21. The summed E-state index contributed by atoms with van der Waals surface area (Å²) in [5.74, 6) is 0.774. The number of para-hydroxylation sites is 2. The molecule has 2 aliphatic heterocycles. The molecule has 28 heavy (non-hydrogen) atoms. The Kier molecular flexibility index (Phi) is 5.98. The Balaban J connectivity index is 1.31. The molecule has 1 amide bonds. The summed E-state index contributed by atoms with van der Waals surface area (Å²) in [6.07, 6.45) is 3.52. The third kappa shape index (κ3) is 4.58. The molecule has 0 saturated carbocycles. The summed E-state index contributed by atoms with van der Waals surface area (Å²) in [5.41, 5.74) is 1.93. The molecule has 1 aromatic heterocycles. The Labute approximate surface area is 165 Å². The second-order valence-electron chi connectivity index (χ2n) is 6.98. The monoisotopic (exact) mass is 382 g/mol. The maximum absolute atomic E-state index is 12.6. The molecular formula is C20H26N6O2. The van der Waals surface area contributed by atoms with Crippen molar-refractivity contribution in [2.45, 2.75) is 0 Å². The summed E-state index contributed by atoms with van der Waals surface area (Å²) in [6.45, 7) is 6.79. The highest BCUT2D eigenvalue weighted by atomic mass is 16.5. The molecule has 2 aromatic rings. The van der Waals surface area contributed by atoms with Gasteiger partial charge in [0.2, 0.25) is 11.9 Å². The van der Waals surface area contributed by atoms with Gasteiger partial charge in [0.15, 0.2) is 0 Å². The summed E-state index contributed by atoms with van der Waals surface area (Å²) in [4.78, 5) is 27.8. The predicted octanol–water partition coefficient (Wildman–Crippen LogP) is 1.07. The van der Waals surface area contributed by atoms with Crippen LogP contribution in [0.2, 0.25) is 0 Å². The number of piperazine rings is 1. The van der Waals surface area contributed by atoms with Crippen LogP contribution in [0.4, 0.5) is 17.3 Å². The quantitative estimate of drug-likeness (QED) is 0.829. The number of carbonyl (C=O) groups excluding carboxylic acids is 1. The molecule has 1 aromatic carbocycles. The van der Waals surface area contributed by atoms with Crippen molar-refractivity contribution in [1.29, 1.82) is 0 Å². The van der Waals surface area contributed by atoms with Gasteiger partial charge in [0.25, 0.3) is 0 Å². The zero-order valence-corrected chi connectivity index (χ0v) is 16.0. The normalized spacial score (nSPS) is 18.1. The van der Waals surface area contributed by atoms with E-state index in [0.717, 1.165) is 69.8 Å². The van der Waals surface area contributed by atoms with Crippen molar-refractivity contribution in [3.8, 4) is 0 Å². The first-order chi connectivity index (χ1) is 13.8. The molecule has 8 nitrogen and oxygen atoms in total. The molecule has 0 atom stereocenters. The zero-order valence-electron chi connectivity index (χ0n) is 16.0. The fraction of sp³-hybridized carbons (Fsp3) is 0.450. The molecule has 2 fully saturated rings. The Morgan fingerprint density at radius 1 is 0.929 bits per heavy atom. The summed E-state index contributed by atoms with van der Waals surface area (Å²) in [5, 5.41) is 3.10. The van der Waals surface area contributed by atoms with E-state index in [1.807, 2.05) is 24.3 Å². The van der Waals surface area contributed by atoms with Crippen LogP contribution in [0, 0.1) is 0 Å². The smallest absolute Gasteiger partial charge is 0.238 e. The number of nitrogens with zero attached hydrogens (tertiary/aromatic N) is 5. The summed E-state index contributed by atoms with van der Waals surface area (Å²) in [7, 11) is 0. The molecule has 0 radical (unpaired) electrons. The molecule has 4 rings (SSSR count). The van der Waals surface area contributed by atoms with Crippen LogP contribution < -0.4 is 15.1 Å². The number of ether oxygens (including phenoxy) is 1. The van der Waals surface area contributed by atoms with Crippen LogP contribution in [-0.2, 0) is 9.53 Å². The SMILES string of the molecule is O=C(CN1CCN(c2ncccn2)CC1)Nc1ccccc1N1CCOCC1. The van der Waals surface area contributed by atoms with Gasteiger partial charge in [0, 0.05) is 51.7 Å². The molecule has 0 spiro atoms. The molecule has 1 N–H and O–H groups in total. The predicted molar refractivity (Wildman–Crippen MR) is 109 cm³/mol. The van der Waals surface area contributed by atoms with Gasteiger partial charge in [-0.3, -0.25) is 9.69 Å². The van der Waals surface area contributed by atoms with E-state index in [1.54, 1.807) is 12.4 Å². The van der Waals surface area contributed by atoms with Crippen molar-refractivity contribution in [1.82, 2.24) is 14.9 Å². The van der Waals surface area contributed by atoms with E-state index in [-0.39, 0.29) is 5.91 Å². The maximum Gasteiger partial charge on any atom is 0.238 e. The van der Waals surface area contributed by atoms with E-state index in [9.17, 15) is 4.79 Å². The Hall–Kier alpha value is -2.71. The van der Waals surface area contributed by atoms with Crippen LogP contribution in [-0.4, -0.2) is 79.8 Å². The fourth-order valence-corrected chi connectivity index (χ4v) is 3.61. The average molecular weight is 382 g/mol. The van der Waals surface area contributed by atoms with Crippen LogP contribution >= 0.6 is 0 Å². The van der Waals surface area contributed by atoms with E-state index in [2.05, 4.69) is 36.1 Å². The van der Waals surface area contributed by atoms with Crippen molar-refractivity contribution in [2.75, 3.05) is 74.1 Å². The van der Waals surface area contributed by atoms with Gasteiger partial charge in [-0.2, -0.15) is 0 Å². The number of benzene rings is 1. The van der Waals surface area contributed by atoms with Gasteiger partial charge in [-0.25, -0.2) is 9.97 Å². The molecule has 0 aliphatic carbocycles. The molecule has 2 saturated heterocycles. The van der Waals surface area contributed by atoms with Crippen molar-refractivity contribution in [2.24, 2.45) is 0 Å².